The Kier molecular flexibility index (Phi) is 7.62. The van der Waals surface area contributed by atoms with E-state index in [1.54, 1.807) is 111 Å². The summed E-state index contributed by atoms with van der Waals surface area (Å²) < 4.78 is 33.8. The summed E-state index contributed by atoms with van der Waals surface area (Å²) in [6.07, 6.45) is 0. The maximum absolute atomic E-state index is 13.6. The summed E-state index contributed by atoms with van der Waals surface area (Å²) in [7, 11) is -2.32. The molecular formula is C28H25ClN2O4S. The molecule has 8 heteroatoms. The molecule has 36 heavy (non-hydrogen) atoms. The van der Waals surface area contributed by atoms with E-state index in [1.165, 1.54) is 4.31 Å². The highest BCUT2D eigenvalue weighted by Gasteiger charge is 2.27. The molecule has 0 aromatic heterocycles. The number of nitrogens with zero attached hydrogens (tertiary/aromatic N) is 1. The molecule has 0 radical (unpaired) electrons. The topological polar surface area (TPSA) is 75.7 Å². The number of sulfonamides is 1. The zero-order valence-corrected chi connectivity index (χ0v) is 21.4. The highest BCUT2D eigenvalue weighted by atomic mass is 35.5. The van der Waals surface area contributed by atoms with E-state index in [0.717, 1.165) is 0 Å². The van der Waals surface area contributed by atoms with E-state index in [9.17, 15) is 13.2 Å². The molecule has 0 spiro atoms. The number of halogens is 1. The van der Waals surface area contributed by atoms with Crippen LogP contribution in [0.2, 0.25) is 5.02 Å². The molecule has 1 amide bonds. The van der Waals surface area contributed by atoms with Gasteiger partial charge in [-0.05, 0) is 66.6 Å². The Balaban J connectivity index is 1.62. The van der Waals surface area contributed by atoms with Crippen LogP contribution in [0, 0.1) is 6.92 Å². The second-order valence-corrected chi connectivity index (χ2v) is 10.4. The van der Waals surface area contributed by atoms with Crippen LogP contribution in [0.4, 0.5) is 11.4 Å². The minimum atomic E-state index is -3.88. The van der Waals surface area contributed by atoms with Gasteiger partial charge in [0.1, 0.15) is 5.75 Å². The summed E-state index contributed by atoms with van der Waals surface area (Å²) in [5.41, 5.74) is 2.92. The number of carbonyl (C=O) groups excluding carboxylic acids is 1. The number of carbonyl (C=O) groups is 1. The zero-order valence-electron chi connectivity index (χ0n) is 19.8. The largest absolute Gasteiger partial charge is 0.497 e. The van der Waals surface area contributed by atoms with Crippen molar-refractivity contribution in [2.45, 2.75) is 18.4 Å². The van der Waals surface area contributed by atoms with Crippen molar-refractivity contribution in [2.24, 2.45) is 0 Å². The Morgan fingerprint density at radius 3 is 2.31 bits per heavy atom. The summed E-state index contributed by atoms with van der Waals surface area (Å²) in [6.45, 7) is 1.85. The fraction of sp³-hybridized carbons (Fsp3) is 0.107. The van der Waals surface area contributed by atoms with Gasteiger partial charge in [-0.3, -0.25) is 9.10 Å². The fourth-order valence-electron chi connectivity index (χ4n) is 3.72. The van der Waals surface area contributed by atoms with Crippen molar-refractivity contribution in [3.63, 3.8) is 0 Å². The molecule has 4 rings (SSSR count). The van der Waals surface area contributed by atoms with Gasteiger partial charge >= 0.3 is 0 Å². The predicted molar refractivity (Wildman–Crippen MR) is 143 cm³/mol. The maximum atomic E-state index is 13.6. The van der Waals surface area contributed by atoms with Crippen molar-refractivity contribution in [1.82, 2.24) is 0 Å². The Morgan fingerprint density at radius 2 is 1.61 bits per heavy atom. The van der Waals surface area contributed by atoms with E-state index < -0.39 is 10.0 Å². The van der Waals surface area contributed by atoms with Gasteiger partial charge in [-0.2, -0.15) is 0 Å². The Labute approximate surface area is 216 Å². The molecule has 4 aromatic rings. The van der Waals surface area contributed by atoms with Crippen molar-refractivity contribution in [3.05, 3.63) is 119 Å². The molecule has 0 heterocycles. The van der Waals surface area contributed by atoms with E-state index in [1.807, 2.05) is 0 Å². The molecule has 0 atom stereocenters. The van der Waals surface area contributed by atoms with Gasteiger partial charge in [0.15, 0.2) is 0 Å². The van der Waals surface area contributed by atoms with E-state index in [0.29, 0.717) is 38.8 Å². The van der Waals surface area contributed by atoms with Gasteiger partial charge in [-0.25, -0.2) is 8.42 Å². The first-order chi connectivity index (χ1) is 17.3. The molecule has 184 valence electrons. The summed E-state index contributed by atoms with van der Waals surface area (Å²) in [5.74, 6) is 0.355. The van der Waals surface area contributed by atoms with Gasteiger partial charge < -0.3 is 10.1 Å². The lowest BCUT2D eigenvalue weighted by Crippen LogP contribution is -2.31. The number of ether oxygens (including phenoxy) is 1. The third-order valence-electron chi connectivity index (χ3n) is 5.71. The van der Waals surface area contributed by atoms with Crippen LogP contribution in [0.5, 0.6) is 5.75 Å². The van der Waals surface area contributed by atoms with Crippen LogP contribution >= 0.6 is 11.6 Å². The molecule has 0 saturated heterocycles. The van der Waals surface area contributed by atoms with Crippen LogP contribution in [-0.4, -0.2) is 21.4 Å². The second kappa shape index (κ2) is 10.8. The van der Waals surface area contributed by atoms with Crippen LogP contribution in [0.3, 0.4) is 0 Å². The SMILES string of the molecule is COc1cccc(NC(=O)c2ccc(CN(c3cccc(Cl)c3C)S(=O)(=O)c3ccccc3)cc2)c1. The summed E-state index contributed by atoms with van der Waals surface area (Å²) in [5, 5.41) is 3.32. The summed E-state index contributed by atoms with van der Waals surface area (Å²) >= 11 is 6.32. The van der Waals surface area contributed by atoms with Gasteiger partial charge in [-0.15, -0.1) is 0 Å². The molecule has 0 aliphatic carbocycles. The van der Waals surface area contributed by atoms with Crippen LogP contribution in [0.15, 0.2) is 102 Å². The van der Waals surface area contributed by atoms with E-state index in [2.05, 4.69) is 5.32 Å². The molecule has 0 saturated carbocycles. The van der Waals surface area contributed by atoms with Crippen LogP contribution in [0.25, 0.3) is 0 Å². The van der Waals surface area contributed by atoms with Crippen LogP contribution in [0.1, 0.15) is 21.5 Å². The zero-order chi connectivity index (χ0) is 25.7. The third-order valence-corrected chi connectivity index (χ3v) is 7.89. The highest BCUT2D eigenvalue weighted by Crippen LogP contribution is 2.32. The van der Waals surface area contributed by atoms with Crippen molar-refractivity contribution >= 4 is 38.9 Å². The van der Waals surface area contributed by atoms with Gasteiger partial charge in [0.25, 0.3) is 15.9 Å². The number of hydrogen-bond donors (Lipinski definition) is 1. The molecule has 1 N–H and O–H groups in total. The smallest absolute Gasteiger partial charge is 0.264 e. The Morgan fingerprint density at radius 1 is 0.917 bits per heavy atom. The standard InChI is InChI=1S/C28H25ClN2O4S/c1-20-26(29)12-7-13-27(20)31(36(33,34)25-10-4-3-5-11-25)19-21-14-16-22(17-15-21)28(32)30-23-8-6-9-24(18-23)35-2/h3-18H,19H2,1-2H3,(H,30,32). The maximum Gasteiger partial charge on any atom is 0.264 e. The fourth-order valence-corrected chi connectivity index (χ4v) is 5.42. The molecule has 0 bridgehead atoms. The third kappa shape index (κ3) is 5.53. The molecule has 6 nitrogen and oxygen atoms in total. The van der Waals surface area contributed by atoms with E-state index in [4.69, 9.17) is 16.3 Å². The van der Waals surface area contributed by atoms with Crippen molar-refractivity contribution in [2.75, 3.05) is 16.7 Å². The van der Waals surface area contributed by atoms with Gasteiger partial charge in [0.05, 0.1) is 24.2 Å². The monoisotopic (exact) mass is 520 g/mol. The Bertz CT molecular complexity index is 1470. The van der Waals surface area contributed by atoms with E-state index >= 15 is 0 Å². The summed E-state index contributed by atoms with van der Waals surface area (Å²) in [4.78, 5) is 12.9. The molecule has 4 aromatic carbocycles. The number of benzene rings is 4. The van der Waals surface area contributed by atoms with Gasteiger partial charge in [-0.1, -0.05) is 54.1 Å². The first-order valence-electron chi connectivity index (χ1n) is 11.2. The number of hydrogen-bond acceptors (Lipinski definition) is 4. The molecule has 0 fully saturated rings. The molecular weight excluding hydrogens is 496 g/mol. The van der Waals surface area contributed by atoms with Crippen molar-refractivity contribution in [3.8, 4) is 5.75 Å². The number of nitrogens with one attached hydrogen (secondary N) is 1. The number of rotatable bonds is 8. The number of anilines is 2. The average Bonchev–Trinajstić information content (AvgIpc) is 2.90. The van der Waals surface area contributed by atoms with Gasteiger partial charge in [0.2, 0.25) is 0 Å². The highest BCUT2D eigenvalue weighted by molar-refractivity contribution is 7.92. The predicted octanol–water partition coefficient (Wildman–Crippen LogP) is 6.30. The second-order valence-electron chi connectivity index (χ2n) is 8.09. The quantitative estimate of drug-likeness (QED) is 0.295. The lowest BCUT2D eigenvalue weighted by Gasteiger charge is -2.26. The number of methoxy groups -OCH3 is 1. The normalized spacial score (nSPS) is 11.1. The Hall–Kier alpha value is -3.81. The molecule has 0 aliphatic heterocycles. The average molecular weight is 521 g/mol. The first-order valence-corrected chi connectivity index (χ1v) is 13.0. The molecule has 0 aliphatic rings. The number of amides is 1. The lowest BCUT2D eigenvalue weighted by atomic mass is 10.1. The lowest BCUT2D eigenvalue weighted by molar-refractivity contribution is 0.102. The van der Waals surface area contributed by atoms with E-state index in [-0.39, 0.29) is 17.3 Å². The molecule has 0 unspecified atom stereocenters. The minimum absolute atomic E-state index is 0.0657. The summed E-state index contributed by atoms with van der Waals surface area (Å²) in [6, 6.07) is 27.4. The minimum Gasteiger partial charge on any atom is -0.497 e. The van der Waals surface area contributed by atoms with Crippen LogP contribution < -0.4 is 14.4 Å². The van der Waals surface area contributed by atoms with Crippen molar-refractivity contribution < 1.29 is 17.9 Å². The first kappa shape index (κ1) is 25.3. The van der Waals surface area contributed by atoms with Crippen molar-refractivity contribution in [1.29, 1.82) is 0 Å². The van der Waals surface area contributed by atoms with Crippen LogP contribution in [-0.2, 0) is 16.6 Å². The van der Waals surface area contributed by atoms with Gasteiger partial charge in [0, 0.05) is 22.3 Å².